The van der Waals surface area contributed by atoms with E-state index >= 15 is 0 Å². The van der Waals surface area contributed by atoms with E-state index in [1.54, 1.807) is 0 Å². The predicted octanol–water partition coefficient (Wildman–Crippen LogP) is 2.19. The van der Waals surface area contributed by atoms with Crippen molar-refractivity contribution in [3.05, 3.63) is 33.9 Å². The van der Waals surface area contributed by atoms with E-state index in [0.717, 1.165) is 25.7 Å². The number of carbonyl (C=O) groups is 1. The number of carboxylic acid groups (broad SMARTS) is 1. The lowest BCUT2D eigenvalue weighted by molar-refractivity contribution is -0.384. The number of aromatic carboxylic acids is 1. The molecule has 114 valence electrons. The summed E-state index contributed by atoms with van der Waals surface area (Å²) in [5, 5.41) is 23.1. The number of benzene rings is 1. The standard InChI is InChI=1S/C14H19N3O4/c1-10(9-16-6-2-3-7-16)15-13-5-4-11(17(20)21)8-12(13)14(18)19/h4-5,8,10,15H,2-3,6-7,9H2,1H3,(H,18,19). The van der Waals surface area contributed by atoms with E-state index in [-0.39, 0.29) is 17.3 Å². The van der Waals surface area contributed by atoms with E-state index in [2.05, 4.69) is 10.2 Å². The number of rotatable bonds is 6. The van der Waals surface area contributed by atoms with E-state index < -0.39 is 10.9 Å². The SMILES string of the molecule is CC(CN1CCCC1)Nc1ccc([N+](=O)[O-])cc1C(=O)O. The van der Waals surface area contributed by atoms with E-state index in [4.69, 9.17) is 0 Å². The highest BCUT2D eigenvalue weighted by atomic mass is 16.6. The van der Waals surface area contributed by atoms with Gasteiger partial charge in [0.05, 0.1) is 10.5 Å². The van der Waals surface area contributed by atoms with Gasteiger partial charge in [-0.25, -0.2) is 4.79 Å². The topological polar surface area (TPSA) is 95.7 Å². The minimum atomic E-state index is -1.17. The largest absolute Gasteiger partial charge is 0.478 e. The molecule has 0 amide bonds. The van der Waals surface area contributed by atoms with Crippen LogP contribution in [0.5, 0.6) is 0 Å². The fourth-order valence-corrected chi connectivity index (χ4v) is 2.61. The summed E-state index contributed by atoms with van der Waals surface area (Å²) < 4.78 is 0. The summed E-state index contributed by atoms with van der Waals surface area (Å²) in [6.45, 7) is 4.94. The number of likely N-dealkylation sites (tertiary alicyclic amines) is 1. The summed E-state index contributed by atoms with van der Waals surface area (Å²) in [4.78, 5) is 23.7. The Labute approximate surface area is 122 Å². The Kier molecular flexibility index (Phi) is 4.74. The summed E-state index contributed by atoms with van der Waals surface area (Å²) in [6, 6.07) is 3.94. The highest BCUT2D eigenvalue weighted by Gasteiger charge is 2.19. The van der Waals surface area contributed by atoms with Gasteiger partial charge < -0.3 is 15.3 Å². The maximum Gasteiger partial charge on any atom is 0.338 e. The third kappa shape index (κ3) is 3.91. The van der Waals surface area contributed by atoms with Crippen molar-refractivity contribution in [2.75, 3.05) is 25.0 Å². The van der Waals surface area contributed by atoms with Crippen molar-refractivity contribution in [3.63, 3.8) is 0 Å². The van der Waals surface area contributed by atoms with Crippen LogP contribution in [0.1, 0.15) is 30.1 Å². The molecule has 1 unspecified atom stereocenters. The lowest BCUT2D eigenvalue weighted by Gasteiger charge is -2.22. The lowest BCUT2D eigenvalue weighted by atomic mass is 10.1. The molecule has 0 radical (unpaired) electrons. The zero-order valence-corrected chi connectivity index (χ0v) is 11.9. The van der Waals surface area contributed by atoms with E-state index in [1.807, 2.05) is 6.92 Å². The van der Waals surface area contributed by atoms with Gasteiger partial charge in [0, 0.05) is 30.4 Å². The highest BCUT2D eigenvalue weighted by molar-refractivity contribution is 5.95. The van der Waals surface area contributed by atoms with Crippen LogP contribution in [-0.2, 0) is 0 Å². The van der Waals surface area contributed by atoms with Gasteiger partial charge in [-0.3, -0.25) is 10.1 Å². The summed E-state index contributed by atoms with van der Waals surface area (Å²) >= 11 is 0. The molecule has 1 aromatic rings. The van der Waals surface area contributed by atoms with Crippen molar-refractivity contribution < 1.29 is 14.8 Å². The zero-order valence-electron chi connectivity index (χ0n) is 11.9. The second-order valence-corrected chi connectivity index (χ2v) is 5.35. The molecule has 1 heterocycles. The Hall–Kier alpha value is -2.15. The van der Waals surface area contributed by atoms with E-state index in [0.29, 0.717) is 5.69 Å². The molecule has 0 aliphatic carbocycles. The first-order chi connectivity index (χ1) is 9.97. The van der Waals surface area contributed by atoms with Crippen molar-refractivity contribution in [1.29, 1.82) is 0 Å². The number of hydrogen-bond acceptors (Lipinski definition) is 5. The van der Waals surface area contributed by atoms with Crippen molar-refractivity contribution in [1.82, 2.24) is 4.90 Å². The minimum Gasteiger partial charge on any atom is -0.478 e. The molecular formula is C14H19N3O4. The quantitative estimate of drug-likeness (QED) is 0.616. The van der Waals surface area contributed by atoms with Crippen LogP contribution in [0.15, 0.2) is 18.2 Å². The van der Waals surface area contributed by atoms with Gasteiger partial charge in [0.25, 0.3) is 5.69 Å². The minimum absolute atomic E-state index is 0.0718. The number of carboxylic acids is 1. The Morgan fingerprint density at radius 1 is 1.48 bits per heavy atom. The average molecular weight is 293 g/mol. The summed E-state index contributed by atoms with van der Waals surface area (Å²) in [7, 11) is 0. The van der Waals surface area contributed by atoms with Gasteiger partial charge in [0.2, 0.25) is 0 Å². The summed E-state index contributed by atoms with van der Waals surface area (Å²) in [5.41, 5.74) is 0.127. The molecule has 7 nitrogen and oxygen atoms in total. The predicted molar refractivity (Wildman–Crippen MR) is 78.8 cm³/mol. The lowest BCUT2D eigenvalue weighted by Crippen LogP contribution is -2.33. The normalized spacial score (nSPS) is 16.6. The molecule has 1 saturated heterocycles. The van der Waals surface area contributed by atoms with Crippen molar-refractivity contribution in [2.24, 2.45) is 0 Å². The number of hydrogen-bond donors (Lipinski definition) is 2. The van der Waals surface area contributed by atoms with Gasteiger partial charge in [-0.2, -0.15) is 0 Å². The molecule has 1 fully saturated rings. The molecule has 1 aromatic carbocycles. The Balaban J connectivity index is 2.10. The number of nitro groups is 1. The molecule has 1 aliphatic heterocycles. The van der Waals surface area contributed by atoms with Crippen molar-refractivity contribution in [2.45, 2.75) is 25.8 Å². The molecule has 2 N–H and O–H groups in total. The van der Waals surface area contributed by atoms with Gasteiger partial charge in [0.15, 0.2) is 0 Å². The molecule has 0 bridgehead atoms. The Morgan fingerprint density at radius 3 is 2.71 bits per heavy atom. The third-order valence-electron chi connectivity index (χ3n) is 3.58. The van der Waals surface area contributed by atoms with Gasteiger partial charge in [-0.05, 0) is 38.9 Å². The molecule has 2 rings (SSSR count). The molecule has 1 atom stereocenters. The van der Waals surface area contributed by atoms with Crippen LogP contribution in [0.4, 0.5) is 11.4 Å². The first-order valence-corrected chi connectivity index (χ1v) is 6.98. The first kappa shape index (κ1) is 15.2. The van der Waals surface area contributed by atoms with Crippen LogP contribution < -0.4 is 5.32 Å². The van der Waals surface area contributed by atoms with Gasteiger partial charge in [-0.1, -0.05) is 0 Å². The summed E-state index contributed by atoms with van der Waals surface area (Å²) in [6.07, 6.45) is 2.40. The number of non-ortho nitro benzene ring substituents is 1. The molecule has 0 aromatic heterocycles. The fourth-order valence-electron chi connectivity index (χ4n) is 2.61. The van der Waals surface area contributed by atoms with Gasteiger partial charge in [0.1, 0.15) is 0 Å². The Bertz CT molecular complexity index is 541. The zero-order chi connectivity index (χ0) is 15.4. The summed E-state index contributed by atoms with van der Waals surface area (Å²) in [5.74, 6) is -1.17. The number of nitrogens with one attached hydrogen (secondary N) is 1. The van der Waals surface area contributed by atoms with Crippen LogP contribution in [-0.4, -0.2) is 46.6 Å². The van der Waals surface area contributed by atoms with Crippen molar-refractivity contribution >= 4 is 17.3 Å². The molecule has 1 aliphatic rings. The van der Waals surface area contributed by atoms with Gasteiger partial charge >= 0.3 is 5.97 Å². The number of anilines is 1. The third-order valence-corrected chi connectivity index (χ3v) is 3.58. The van der Waals surface area contributed by atoms with E-state index in [1.165, 1.54) is 25.0 Å². The number of nitrogens with zero attached hydrogens (tertiary/aromatic N) is 2. The van der Waals surface area contributed by atoms with Crippen LogP contribution in [0.3, 0.4) is 0 Å². The van der Waals surface area contributed by atoms with Crippen LogP contribution >= 0.6 is 0 Å². The molecule has 7 heteroatoms. The monoisotopic (exact) mass is 293 g/mol. The fraction of sp³-hybridized carbons (Fsp3) is 0.500. The smallest absolute Gasteiger partial charge is 0.338 e. The van der Waals surface area contributed by atoms with Crippen molar-refractivity contribution in [3.8, 4) is 0 Å². The van der Waals surface area contributed by atoms with Crippen LogP contribution in [0.2, 0.25) is 0 Å². The first-order valence-electron chi connectivity index (χ1n) is 6.98. The second-order valence-electron chi connectivity index (χ2n) is 5.35. The molecule has 0 saturated carbocycles. The molecular weight excluding hydrogens is 274 g/mol. The van der Waals surface area contributed by atoms with E-state index in [9.17, 15) is 20.0 Å². The highest BCUT2D eigenvalue weighted by Crippen LogP contribution is 2.23. The van der Waals surface area contributed by atoms with Crippen LogP contribution in [0, 0.1) is 10.1 Å². The molecule has 0 spiro atoms. The Morgan fingerprint density at radius 2 is 2.14 bits per heavy atom. The van der Waals surface area contributed by atoms with Gasteiger partial charge in [-0.15, -0.1) is 0 Å². The van der Waals surface area contributed by atoms with Crippen LogP contribution in [0.25, 0.3) is 0 Å². The average Bonchev–Trinajstić information content (AvgIpc) is 2.91. The molecule has 21 heavy (non-hydrogen) atoms. The maximum absolute atomic E-state index is 11.2. The maximum atomic E-state index is 11.2. The number of nitro benzene ring substituents is 1. The second kappa shape index (κ2) is 6.53.